The van der Waals surface area contributed by atoms with Crippen LogP contribution in [0.25, 0.3) is 0 Å². The van der Waals surface area contributed by atoms with Gasteiger partial charge in [0.1, 0.15) is 11.4 Å². The number of amides is 2. The second-order valence-corrected chi connectivity index (χ2v) is 8.77. The predicted octanol–water partition coefficient (Wildman–Crippen LogP) is 2.51. The quantitative estimate of drug-likeness (QED) is 0.567. The van der Waals surface area contributed by atoms with Crippen LogP contribution in [0.15, 0.2) is 60.7 Å². The maximum absolute atomic E-state index is 13.1. The highest BCUT2D eigenvalue weighted by Crippen LogP contribution is 2.19. The van der Waals surface area contributed by atoms with E-state index in [0.717, 1.165) is 30.9 Å². The van der Waals surface area contributed by atoms with Crippen molar-refractivity contribution < 1.29 is 14.3 Å². The van der Waals surface area contributed by atoms with Gasteiger partial charge in [0.2, 0.25) is 0 Å². The molecule has 1 aromatic heterocycles. The molecule has 1 saturated heterocycles. The van der Waals surface area contributed by atoms with Gasteiger partial charge < -0.3 is 14.5 Å². The number of hydrogen-bond acceptors (Lipinski definition) is 5. The zero-order valence-electron chi connectivity index (χ0n) is 19.4. The summed E-state index contributed by atoms with van der Waals surface area (Å²) in [5, 5.41) is 4.48. The number of rotatable bonds is 6. The van der Waals surface area contributed by atoms with Crippen molar-refractivity contribution in [2.24, 2.45) is 0 Å². The molecule has 8 heteroatoms. The molecule has 0 spiro atoms. The fourth-order valence-electron chi connectivity index (χ4n) is 4.56. The molecule has 2 aliphatic heterocycles. The number of hydrogen-bond donors (Lipinski definition) is 0. The number of piperazine rings is 1. The third-order valence-electron chi connectivity index (χ3n) is 6.53. The maximum atomic E-state index is 13.1. The molecule has 34 heavy (non-hydrogen) atoms. The third-order valence-corrected chi connectivity index (χ3v) is 6.53. The topological polar surface area (TPSA) is 70.9 Å². The maximum Gasteiger partial charge on any atom is 0.274 e. The molecule has 0 atom stereocenters. The van der Waals surface area contributed by atoms with Crippen LogP contribution >= 0.6 is 0 Å². The van der Waals surface area contributed by atoms with Crippen LogP contribution in [-0.4, -0.2) is 76.1 Å². The Bertz CT molecular complexity index is 1150. The highest BCUT2D eigenvalue weighted by atomic mass is 16.5. The molecule has 8 nitrogen and oxygen atoms in total. The summed E-state index contributed by atoms with van der Waals surface area (Å²) in [5.41, 5.74) is 3.14. The Morgan fingerprint density at radius 1 is 0.882 bits per heavy atom. The highest BCUT2D eigenvalue weighted by Gasteiger charge is 2.30. The van der Waals surface area contributed by atoms with Crippen molar-refractivity contribution in [2.75, 3.05) is 39.8 Å². The Morgan fingerprint density at radius 2 is 1.59 bits per heavy atom. The van der Waals surface area contributed by atoms with Gasteiger partial charge >= 0.3 is 0 Å². The van der Waals surface area contributed by atoms with Crippen molar-refractivity contribution in [3.8, 4) is 5.75 Å². The Morgan fingerprint density at radius 3 is 2.29 bits per heavy atom. The lowest BCUT2D eigenvalue weighted by Crippen LogP contribution is -2.48. The number of benzene rings is 2. The van der Waals surface area contributed by atoms with Crippen LogP contribution in [0.3, 0.4) is 0 Å². The summed E-state index contributed by atoms with van der Waals surface area (Å²) in [7, 11) is 1.63. The number of carbonyl (C=O) groups is 2. The van der Waals surface area contributed by atoms with E-state index in [4.69, 9.17) is 4.74 Å². The van der Waals surface area contributed by atoms with Gasteiger partial charge in [-0.3, -0.25) is 19.2 Å². The average Bonchev–Trinajstić information content (AvgIpc) is 3.32. The summed E-state index contributed by atoms with van der Waals surface area (Å²) >= 11 is 0. The van der Waals surface area contributed by atoms with Crippen molar-refractivity contribution in [2.45, 2.75) is 19.6 Å². The zero-order chi connectivity index (χ0) is 23.5. The van der Waals surface area contributed by atoms with Crippen molar-refractivity contribution >= 4 is 11.8 Å². The molecular formula is C26H29N5O3. The summed E-state index contributed by atoms with van der Waals surface area (Å²) in [6.45, 7) is 5.50. The molecule has 2 aromatic carbocycles. The van der Waals surface area contributed by atoms with Gasteiger partial charge in [-0.25, -0.2) is 0 Å². The molecule has 0 saturated carbocycles. The first kappa shape index (κ1) is 22.2. The molecule has 3 heterocycles. The van der Waals surface area contributed by atoms with E-state index in [-0.39, 0.29) is 11.8 Å². The van der Waals surface area contributed by atoms with Crippen molar-refractivity contribution in [3.63, 3.8) is 0 Å². The largest absolute Gasteiger partial charge is 0.497 e. The first-order chi connectivity index (χ1) is 16.6. The Hall–Kier alpha value is -3.65. The molecule has 2 aliphatic rings. The highest BCUT2D eigenvalue weighted by molar-refractivity contribution is 5.98. The van der Waals surface area contributed by atoms with Crippen LogP contribution in [0.4, 0.5) is 0 Å². The normalized spacial score (nSPS) is 16.4. The number of ether oxygens (including phenoxy) is 1. The molecular weight excluding hydrogens is 430 g/mol. The Labute approximate surface area is 199 Å². The molecule has 2 amide bonds. The van der Waals surface area contributed by atoms with E-state index in [9.17, 15) is 9.59 Å². The van der Waals surface area contributed by atoms with E-state index in [2.05, 4.69) is 34.3 Å². The molecule has 176 valence electrons. The van der Waals surface area contributed by atoms with Crippen LogP contribution in [0.2, 0.25) is 0 Å². The summed E-state index contributed by atoms with van der Waals surface area (Å²) in [5.74, 6) is 0.591. The Kier molecular flexibility index (Phi) is 6.31. The molecule has 5 rings (SSSR count). The van der Waals surface area contributed by atoms with Crippen LogP contribution in [-0.2, 0) is 19.6 Å². The summed E-state index contributed by atoms with van der Waals surface area (Å²) in [4.78, 5) is 32.2. The smallest absolute Gasteiger partial charge is 0.274 e. The van der Waals surface area contributed by atoms with Gasteiger partial charge in [-0.1, -0.05) is 42.5 Å². The minimum absolute atomic E-state index is 0.0960. The third kappa shape index (κ3) is 4.68. The second kappa shape index (κ2) is 9.69. The van der Waals surface area contributed by atoms with E-state index >= 15 is 0 Å². The molecule has 0 aliphatic carbocycles. The fourth-order valence-corrected chi connectivity index (χ4v) is 4.56. The zero-order valence-corrected chi connectivity index (χ0v) is 19.4. The van der Waals surface area contributed by atoms with Crippen molar-refractivity contribution in [1.82, 2.24) is 24.5 Å². The average molecular weight is 460 g/mol. The van der Waals surface area contributed by atoms with Crippen LogP contribution < -0.4 is 4.74 Å². The second-order valence-electron chi connectivity index (χ2n) is 8.77. The first-order valence-corrected chi connectivity index (χ1v) is 11.7. The SMILES string of the molecule is COc1ccc(CN2CCn3nc(C(=O)N4CCN(Cc5ccccc5)CC4)cc3C2=O)cc1. The number of carbonyl (C=O) groups excluding carboxylic acids is 2. The lowest BCUT2D eigenvalue weighted by Gasteiger charge is -2.34. The van der Waals surface area contributed by atoms with E-state index < -0.39 is 0 Å². The lowest BCUT2D eigenvalue weighted by atomic mass is 10.1. The van der Waals surface area contributed by atoms with Gasteiger partial charge in [0, 0.05) is 51.9 Å². The van der Waals surface area contributed by atoms with Crippen LogP contribution in [0.1, 0.15) is 32.1 Å². The number of nitrogens with zero attached hydrogens (tertiary/aromatic N) is 5. The van der Waals surface area contributed by atoms with Gasteiger partial charge in [0.15, 0.2) is 5.69 Å². The van der Waals surface area contributed by atoms with Crippen LogP contribution in [0.5, 0.6) is 5.75 Å². The van der Waals surface area contributed by atoms with E-state index in [1.807, 2.05) is 35.2 Å². The summed E-state index contributed by atoms with van der Waals surface area (Å²) in [6, 6.07) is 19.7. The van der Waals surface area contributed by atoms with E-state index in [1.165, 1.54) is 5.56 Å². The van der Waals surface area contributed by atoms with Crippen molar-refractivity contribution in [3.05, 3.63) is 83.2 Å². The van der Waals surface area contributed by atoms with Gasteiger partial charge in [-0.2, -0.15) is 5.10 Å². The summed E-state index contributed by atoms with van der Waals surface area (Å²) < 4.78 is 6.88. The van der Waals surface area contributed by atoms with E-state index in [1.54, 1.807) is 22.8 Å². The number of aromatic nitrogens is 2. The van der Waals surface area contributed by atoms with Gasteiger partial charge in [-0.05, 0) is 23.3 Å². The molecule has 0 unspecified atom stereocenters. The number of fused-ring (bicyclic) bond motifs is 1. The Balaban J connectivity index is 1.20. The lowest BCUT2D eigenvalue weighted by molar-refractivity contribution is 0.0619. The van der Waals surface area contributed by atoms with Gasteiger partial charge in [-0.15, -0.1) is 0 Å². The van der Waals surface area contributed by atoms with Gasteiger partial charge in [0.05, 0.1) is 13.7 Å². The molecule has 0 bridgehead atoms. The van der Waals surface area contributed by atoms with Crippen molar-refractivity contribution in [1.29, 1.82) is 0 Å². The summed E-state index contributed by atoms with van der Waals surface area (Å²) in [6.07, 6.45) is 0. The molecule has 0 radical (unpaired) electrons. The minimum atomic E-state index is -0.101. The molecule has 0 N–H and O–H groups in total. The first-order valence-electron chi connectivity index (χ1n) is 11.7. The van der Waals surface area contributed by atoms with E-state index in [0.29, 0.717) is 44.1 Å². The molecule has 3 aromatic rings. The fraction of sp³-hybridized carbons (Fsp3) is 0.346. The van der Waals surface area contributed by atoms with Gasteiger partial charge in [0.25, 0.3) is 11.8 Å². The van der Waals surface area contributed by atoms with Crippen LogP contribution in [0, 0.1) is 0 Å². The number of methoxy groups -OCH3 is 1. The minimum Gasteiger partial charge on any atom is -0.497 e. The monoisotopic (exact) mass is 459 g/mol. The predicted molar refractivity (Wildman–Crippen MR) is 128 cm³/mol. The molecule has 1 fully saturated rings. The standard InChI is InChI=1S/C26H29N5O3/c1-34-22-9-7-21(8-10-22)19-30-15-16-31-24(26(30)33)17-23(27-31)25(32)29-13-11-28(12-14-29)18-20-5-3-2-4-6-20/h2-10,17H,11-16,18-19H2,1H3.